The zero-order valence-electron chi connectivity index (χ0n) is 26.5. The monoisotopic (exact) mass is 606 g/mol. The van der Waals surface area contributed by atoms with Crippen LogP contribution in [0, 0.1) is 11.2 Å². The lowest BCUT2D eigenvalue weighted by Crippen LogP contribution is -2.43. The highest BCUT2D eigenvalue weighted by Gasteiger charge is 2.53. The summed E-state index contributed by atoms with van der Waals surface area (Å²) in [7, 11) is 0.674. The van der Waals surface area contributed by atoms with Crippen molar-refractivity contribution in [2.45, 2.75) is 44.4 Å². The van der Waals surface area contributed by atoms with E-state index in [1.54, 1.807) is 19.4 Å². The maximum Gasteiger partial charge on any atom is 0.498 e. The summed E-state index contributed by atoms with van der Waals surface area (Å²) in [6, 6.07) is 34.7. The summed E-state index contributed by atoms with van der Waals surface area (Å²) in [6.45, 7) is 8.41. The second-order valence-electron chi connectivity index (χ2n) is 12.0. The number of hydrogen-bond acceptors (Lipinski definition) is 6. The number of allylic oxidation sites excluding steroid dienone is 1. The van der Waals surface area contributed by atoms with Gasteiger partial charge in [0.1, 0.15) is 23.7 Å². The van der Waals surface area contributed by atoms with E-state index in [0.717, 1.165) is 16.7 Å². The average molecular weight is 607 g/mol. The minimum absolute atomic E-state index is 0.0801. The van der Waals surface area contributed by atoms with E-state index < -0.39 is 29.7 Å². The molecule has 4 aromatic rings. The summed E-state index contributed by atoms with van der Waals surface area (Å²) >= 11 is 0. The van der Waals surface area contributed by atoms with Crippen molar-refractivity contribution in [2.24, 2.45) is 0 Å². The minimum Gasteiger partial charge on any atom is -0.490 e. The van der Waals surface area contributed by atoms with Crippen molar-refractivity contribution in [2.75, 3.05) is 20.3 Å². The second-order valence-corrected chi connectivity index (χ2v) is 12.0. The highest BCUT2D eigenvalue weighted by atomic mass is 19.1. The van der Waals surface area contributed by atoms with Crippen LogP contribution in [0.5, 0.6) is 5.75 Å². The molecule has 0 unspecified atom stereocenters. The average Bonchev–Trinajstić information content (AvgIpc) is 3.26. The summed E-state index contributed by atoms with van der Waals surface area (Å²) in [6.07, 6.45) is 1.81. The van der Waals surface area contributed by atoms with Gasteiger partial charge in [0.2, 0.25) is 0 Å². The lowest BCUT2D eigenvalue weighted by atomic mass is 9.72. The molecule has 0 amide bonds. The summed E-state index contributed by atoms with van der Waals surface area (Å²) in [5.74, 6) is -0.227. The molecule has 1 aliphatic heterocycles. The van der Waals surface area contributed by atoms with Crippen molar-refractivity contribution in [3.05, 3.63) is 149 Å². The van der Waals surface area contributed by atoms with E-state index in [1.165, 1.54) is 12.1 Å². The summed E-state index contributed by atoms with van der Waals surface area (Å²) < 4.78 is 38.5. The summed E-state index contributed by atoms with van der Waals surface area (Å²) in [5, 5.41) is 13.3. The first-order valence-corrected chi connectivity index (χ1v) is 15.1. The largest absolute Gasteiger partial charge is 0.498 e. The van der Waals surface area contributed by atoms with Crippen LogP contribution in [0.15, 0.2) is 121 Å². The van der Waals surface area contributed by atoms with Gasteiger partial charge in [-0.15, -0.1) is 0 Å². The molecule has 5 rings (SSSR count). The van der Waals surface area contributed by atoms with Crippen LogP contribution in [0.25, 0.3) is 0 Å². The molecule has 45 heavy (non-hydrogen) atoms. The van der Waals surface area contributed by atoms with Crippen LogP contribution in [0.1, 0.15) is 49.9 Å². The first kappa shape index (κ1) is 32.2. The van der Waals surface area contributed by atoms with Gasteiger partial charge in [-0.1, -0.05) is 91.0 Å². The van der Waals surface area contributed by atoms with Gasteiger partial charge in [0.05, 0.1) is 23.5 Å². The molecule has 0 aromatic heterocycles. The zero-order valence-corrected chi connectivity index (χ0v) is 26.5. The van der Waals surface area contributed by atoms with Gasteiger partial charge in [0.25, 0.3) is 0 Å². The fourth-order valence-electron chi connectivity index (χ4n) is 5.44. The van der Waals surface area contributed by atoms with E-state index in [9.17, 15) is 9.80 Å². The van der Waals surface area contributed by atoms with Crippen LogP contribution in [-0.4, -0.2) is 44.4 Å². The predicted octanol–water partition coefficient (Wildman–Crippen LogP) is 7.32. The van der Waals surface area contributed by atoms with Crippen LogP contribution in [0.3, 0.4) is 0 Å². The molecule has 2 N–H and O–H groups in total. The van der Waals surface area contributed by atoms with Crippen LogP contribution in [-0.2, 0) is 19.6 Å². The molecule has 1 aliphatic rings. The van der Waals surface area contributed by atoms with Crippen molar-refractivity contribution in [3.63, 3.8) is 0 Å². The molecule has 1 heterocycles. The Balaban J connectivity index is 1.70. The van der Waals surface area contributed by atoms with Gasteiger partial charge < -0.3 is 29.5 Å². The molecule has 232 valence electrons. The zero-order chi connectivity index (χ0) is 32.1. The molecule has 0 radical (unpaired) electrons. The molecular weight excluding hydrogens is 566 g/mol. The molecule has 0 aliphatic carbocycles. The number of ether oxygens (including phenoxy) is 2. The number of benzene rings is 4. The quantitative estimate of drug-likeness (QED) is 0.0766. The molecule has 0 saturated carbocycles. The number of hydrogen-bond donors (Lipinski definition) is 2. The molecular formula is C37H40BFN2O4. The van der Waals surface area contributed by atoms with Crippen molar-refractivity contribution in [3.8, 4) is 5.75 Å². The third kappa shape index (κ3) is 6.59. The van der Waals surface area contributed by atoms with Crippen molar-refractivity contribution >= 4 is 12.8 Å². The normalized spacial score (nSPS) is 16.0. The van der Waals surface area contributed by atoms with E-state index in [-0.39, 0.29) is 18.1 Å². The van der Waals surface area contributed by atoms with Gasteiger partial charge >= 0.3 is 7.12 Å². The Morgan fingerprint density at radius 3 is 1.76 bits per heavy atom. The fraction of sp³-hybridized carbons (Fsp3) is 0.270. The van der Waals surface area contributed by atoms with Gasteiger partial charge in [-0.2, -0.15) is 0 Å². The van der Waals surface area contributed by atoms with E-state index in [0.29, 0.717) is 17.6 Å². The lowest BCUT2D eigenvalue weighted by Gasteiger charge is -2.37. The predicted molar refractivity (Wildman–Crippen MR) is 177 cm³/mol. The minimum atomic E-state index is -0.896. The molecule has 4 aromatic carbocycles. The van der Waals surface area contributed by atoms with Crippen LogP contribution in [0.2, 0.25) is 0 Å². The van der Waals surface area contributed by atoms with E-state index in [1.807, 2.05) is 82.3 Å². The van der Waals surface area contributed by atoms with Gasteiger partial charge in [0, 0.05) is 24.2 Å². The Labute approximate surface area is 265 Å². The first-order valence-electron chi connectivity index (χ1n) is 15.1. The maximum absolute atomic E-state index is 14.4. The molecule has 0 atom stereocenters. The van der Waals surface area contributed by atoms with Crippen LogP contribution in [0.4, 0.5) is 4.39 Å². The van der Waals surface area contributed by atoms with Gasteiger partial charge in [-0.05, 0) is 62.7 Å². The Morgan fingerprint density at radius 1 is 0.800 bits per heavy atom. The molecule has 6 nitrogen and oxygen atoms in total. The fourth-order valence-corrected chi connectivity index (χ4v) is 5.44. The van der Waals surface area contributed by atoms with Crippen molar-refractivity contribution < 1.29 is 23.2 Å². The number of halogens is 1. The first-order chi connectivity index (χ1) is 21.6. The van der Waals surface area contributed by atoms with Gasteiger partial charge in [0.15, 0.2) is 0 Å². The smallest absolute Gasteiger partial charge is 0.490 e. The molecule has 0 bridgehead atoms. The topological polar surface area (TPSA) is 72.8 Å². The Kier molecular flexibility index (Phi) is 9.58. The van der Waals surface area contributed by atoms with Gasteiger partial charge in [-0.3, -0.25) is 0 Å². The summed E-state index contributed by atoms with van der Waals surface area (Å²) in [4.78, 5) is 0. The number of nitrogens with one attached hydrogen (secondary N) is 2. The standard InChI is InChI=1S/C37H40BFN2O4/c1-35(2)36(3,4)45-38(44-35)32(34(40)31-22-21-30(39)25-33(31)43-24-23-42-5)26-41-37(27-15-9-6-10-16-27,28-17-11-7-12-18-28)29-19-13-8-14-20-29/h6-22,25-26,40-41H,23-24H2,1-5H3/b32-26+,40-34?. The van der Waals surface area contributed by atoms with E-state index in [4.69, 9.17) is 18.8 Å². The number of methoxy groups -OCH3 is 1. The summed E-state index contributed by atoms with van der Waals surface area (Å²) in [5.41, 5.74) is 1.76. The Hall–Kier alpha value is -4.24. The molecule has 1 saturated heterocycles. The molecule has 0 spiro atoms. The van der Waals surface area contributed by atoms with Gasteiger partial charge in [-0.25, -0.2) is 4.39 Å². The van der Waals surface area contributed by atoms with E-state index in [2.05, 4.69) is 41.7 Å². The highest BCUT2D eigenvalue weighted by molar-refractivity contribution is 6.63. The van der Waals surface area contributed by atoms with Crippen molar-refractivity contribution in [1.29, 1.82) is 5.41 Å². The molecule has 1 fully saturated rings. The Morgan fingerprint density at radius 2 is 1.29 bits per heavy atom. The van der Waals surface area contributed by atoms with Crippen LogP contribution < -0.4 is 10.1 Å². The second kappa shape index (κ2) is 13.4. The Bertz CT molecular complexity index is 1520. The highest BCUT2D eigenvalue weighted by Crippen LogP contribution is 2.41. The molecule has 8 heteroatoms. The maximum atomic E-state index is 14.4. The third-order valence-electron chi connectivity index (χ3n) is 8.62. The van der Waals surface area contributed by atoms with Crippen molar-refractivity contribution in [1.82, 2.24) is 5.32 Å². The van der Waals surface area contributed by atoms with Crippen LogP contribution >= 0.6 is 0 Å². The third-order valence-corrected chi connectivity index (χ3v) is 8.62. The lowest BCUT2D eigenvalue weighted by molar-refractivity contribution is 0.00578. The number of rotatable bonds is 12. The van der Waals surface area contributed by atoms with E-state index >= 15 is 0 Å². The SMILES string of the molecule is COCCOc1cc(F)ccc1C(=N)/C(=C\NC(c1ccccc1)(c1ccccc1)c1ccccc1)B1OC(C)(C)C(C)(C)O1.